The third-order valence-corrected chi connectivity index (χ3v) is 4.98. The summed E-state index contributed by atoms with van der Waals surface area (Å²) in [6, 6.07) is 11.4. The number of aromatic nitrogens is 3. The third kappa shape index (κ3) is 3.56. The van der Waals surface area contributed by atoms with Crippen molar-refractivity contribution >= 4 is 23.2 Å². The van der Waals surface area contributed by atoms with Crippen molar-refractivity contribution in [3.63, 3.8) is 0 Å². The maximum Gasteiger partial charge on any atom is 0.453 e. The predicted molar refractivity (Wildman–Crippen MR) is 106 cm³/mol. The van der Waals surface area contributed by atoms with Crippen LogP contribution in [0.4, 0.5) is 19.1 Å². The molecule has 0 spiro atoms. The molecule has 10 heteroatoms. The van der Waals surface area contributed by atoms with Gasteiger partial charge in [0.1, 0.15) is 6.04 Å². The van der Waals surface area contributed by atoms with Crippen LogP contribution in [0.3, 0.4) is 0 Å². The molecule has 1 N–H and O–H groups in total. The van der Waals surface area contributed by atoms with Gasteiger partial charge in [0, 0.05) is 16.3 Å². The fraction of sp³-hybridized carbons (Fsp3) is 0.200. The minimum atomic E-state index is -4.68. The summed E-state index contributed by atoms with van der Waals surface area (Å²) in [5.74, 6) is -0.263. The molecule has 0 saturated heterocycles. The van der Waals surface area contributed by atoms with Crippen LogP contribution in [0.25, 0.3) is 5.70 Å². The number of methoxy groups -OCH3 is 2. The monoisotopic (exact) mass is 436 g/mol. The number of allylic oxidation sites excluding steroid dienone is 1. The molecule has 1 atom stereocenters. The van der Waals surface area contributed by atoms with Gasteiger partial charge >= 0.3 is 6.18 Å². The second-order valence-electron chi connectivity index (χ2n) is 6.44. The van der Waals surface area contributed by atoms with Gasteiger partial charge in [-0.2, -0.15) is 18.2 Å². The first-order valence-corrected chi connectivity index (χ1v) is 9.19. The largest absolute Gasteiger partial charge is 0.493 e. The van der Waals surface area contributed by atoms with Crippen molar-refractivity contribution in [3.8, 4) is 11.5 Å². The lowest BCUT2D eigenvalue weighted by Crippen LogP contribution is -2.20. The molecule has 2 aromatic carbocycles. The zero-order valence-corrected chi connectivity index (χ0v) is 16.6. The molecule has 6 nitrogen and oxygen atoms in total. The summed E-state index contributed by atoms with van der Waals surface area (Å²) in [6.07, 6.45) is -2.94. The Balaban J connectivity index is 1.86. The van der Waals surface area contributed by atoms with Crippen LogP contribution in [0.5, 0.6) is 11.5 Å². The Labute approximate surface area is 174 Å². The van der Waals surface area contributed by atoms with Gasteiger partial charge in [0.2, 0.25) is 5.95 Å². The minimum absolute atomic E-state index is 0.0421. The second-order valence-corrected chi connectivity index (χ2v) is 6.85. The zero-order chi connectivity index (χ0) is 21.5. The number of anilines is 1. The van der Waals surface area contributed by atoms with Crippen LogP contribution in [-0.4, -0.2) is 29.0 Å². The van der Waals surface area contributed by atoms with Crippen molar-refractivity contribution in [2.45, 2.75) is 12.2 Å². The molecule has 1 unspecified atom stereocenters. The molecule has 0 aliphatic carbocycles. The number of hydrogen-bond acceptors (Lipinski definition) is 5. The van der Waals surface area contributed by atoms with Crippen LogP contribution in [0, 0.1) is 0 Å². The topological polar surface area (TPSA) is 61.2 Å². The van der Waals surface area contributed by atoms with Crippen molar-refractivity contribution in [1.29, 1.82) is 0 Å². The molecular formula is C20H16ClF3N4O2. The highest BCUT2D eigenvalue weighted by atomic mass is 35.5. The van der Waals surface area contributed by atoms with Crippen molar-refractivity contribution in [2.24, 2.45) is 0 Å². The number of hydrogen-bond donors (Lipinski definition) is 1. The van der Waals surface area contributed by atoms with Crippen LogP contribution in [-0.2, 0) is 6.18 Å². The Morgan fingerprint density at radius 3 is 2.47 bits per heavy atom. The molecular weight excluding hydrogens is 421 g/mol. The van der Waals surface area contributed by atoms with Crippen molar-refractivity contribution in [1.82, 2.24) is 14.8 Å². The first-order chi connectivity index (χ1) is 14.3. The van der Waals surface area contributed by atoms with Gasteiger partial charge in [-0.1, -0.05) is 29.8 Å². The second kappa shape index (κ2) is 7.56. The Kier molecular flexibility index (Phi) is 5.07. The molecule has 2 heterocycles. The molecule has 0 bridgehead atoms. The van der Waals surface area contributed by atoms with Crippen molar-refractivity contribution in [3.05, 3.63) is 70.5 Å². The van der Waals surface area contributed by atoms with Gasteiger partial charge in [-0.05, 0) is 35.9 Å². The highest BCUT2D eigenvalue weighted by molar-refractivity contribution is 6.31. The average molecular weight is 437 g/mol. The number of halogens is 4. The third-order valence-electron chi connectivity index (χ3n) is 4.64. The Bertz CT molecular complexity index is 1130. The lowest BCUT2D eigenvalue weighted by Gasteiger charge is -2.25. The van der Waals surface area contributed by atoms with E-state index in [2.05, 4.69) is 15.4 Å². The van der Waals surface area contributed by atoms with Crippen LogP contribution in [0.2, 0.25) is 5.02 Å². The number of nitrogens with one attached hydrogen (secondary N) is 1. The van der Waals surface area contributed by atoms with E-state index in [0.717, 1.165) is 0 Å². The lowest BCUT2D eigenvalue weighted by atomic mass is 10.0. The van der Waals surface area contributed by atoms with Gasteiger partial charge in [-0.25, -0.2) is 4.68 Å². The lowest BCUT2D eigenvalue weighted by molar-refractivity contribution is -0.145. The van der Waals surface area contributed by atoms with E-state index < -0.39 is 18.0 Å². The first kappa shape index (κ1) is 20.1. The van der Waals surface area contributed by atoms with E-state index in [1.54, 1.807) is 48.5 Å². The van der Waals surface area contributed by atoms with Crippen LogP contribution >= 0.6 is 11.6 Å². The number of fused-ring (bicyclic) bond motifs is 1. The van der Waals surface area contributed by atoms with E-state index in [1.165, 1.54) is 18.9 Å². The average Bonchev–Trinajstić information content (AvgIpc) is 3.18. The number of benzene rings is 2. The maximum atomic E-state index is 13.2. The summed E-state index contributed by atoms with van der Waals surface area (Å²) in [5, 5.41) is 7.01. The normalized spacial score (nSPS) is 15.8. The summed E-state index contributed by atoms with van der Waals surface area (Å²) < 4.78 is 51.5. The van der Waals surface area contributed by atoms with E-state index in [1.807, 2.05) is 0 Å². The number of nitrogens with zero attached hydrogens (tertiary/aromatic N) is 3. The SMILES string of the molecule is COc1ccc(C2=CC(c3ccccc3Cl)n3nc(C(F)(F)F)nc3N2)cc1OC. The van der Waals surface area contributed by atoms with Gasteiger partial charge in [0.05, 0.1) is 14.2 Å². The summed E-state index contributed by atoms with van der Waals surface area (Å²) in [6.45, 7) is 0. The van der Waals surface area contributed by atoms with E-state index in [0.29, 0.717) is 33.3 Å². The molecule has 156 valence electrons. The predicted octanol–water partition coefficient (Wildman–Crippen LogP) is 5.02. The standard InChI is InChI=1S/C20H16ClF3N4O2/c1-29-16-8-7-11(9-17(16)30-2)14-10-15(12-5-3-4-6-13(12)21)28-19(25-14)26-18(27-28)20(22,23)24/h3-10,15H,1-2H3,(H,25,26,27). The zero-order valence-electron chi connectivity index (χ0n) is 15.9. The van der Waals surface area contributed by atoms with Crippen LogP contribution in [0.1, 0.15) is 23.0 Å². The van der Waals surface area contributed by atoms with E-state index in [4.69, 9.17) is 21.1 Å². The molecule has 0 amide bonds. The van der Waals surface area contributed by atoms with E-state index in [-0.39, 0.29) is 5.95 Å². The molecule has 0 fully saturated rings. The molecule has 1 aliphatic heterocycles. The molecule has 0 saturated carbocycles. The highest BCUT2D eigenvalue weighted by Gasteiger charge is 2.39. The van der Waals surface area contributed by atoms with Crippen molar-refractivity contribution < 1.29 is 22.6 Å². The van der Waals surface area contributed by atoms with Gasteiger partial charge in [-0.3, -0.25) is 0 Å². The molecule has 3 aromatic rings. The van der Waals surface area contributed by atoms with Crippen LogP contribution in [0.15, 0.2) is 48.5 Å². The first-order valence-electron chi connectivity index (χ1n) is 8.81. The Hall–Kier alpha value is -3.20. The molecule has 30 heavy (non-hydrogen) atoms. The van der Waals surface area contributed by atoms with Crippen LogP contribution < -0.4 is 14.8 Å². The molecule has 4 rings (SSSR count). The smallest absolute Gasteiger partial charge is 0.453 e. The van der Waals surface area contributed by atoms with Gasteiger partial charge in [0.25, 0.3) is 5.82 Å². The quantitative estimate of drug-likeness (QED) is 0.622. The van der Waals surface area contributed by atoms with Gasteiger partial charge in [0.15, 0.2) is 11.5 Å². The molecule has 0 radical (unpaired) electrons. The van der Waals surface area contributed by atoms with E-state index >= 15 is 0 Å². The van der Waals surface area contributed by atoms with E-state index in [9.17, 15) is 13.2 Å². The minimum Gasteiger partial charge on any atom is -0.493 e. The molecule has 1 aliphatic rings. The van der Waals surface area contributed by atoms with Crippen molar-refractivity contribution in [2.75, 3.05) is 19.5 Å². The number of alkyl halides is 3. The summed E-state index contributed by atoms with van der Waals surface area (Å²) in [7, 11) is 3.02. The fourth-order valence-corrected chi connectivity index (χ4v) is 3.47. The Morgan fingerprint density at radius 1 is 1.07 bits per heavy atom. The van der Waals surface area contributed by atoms with Gasteiger partial charge in [-0.15, -0.1) is 5.10 Å². The highest BCUT2D eigenvalue weighted by Crippen LogP contribution is 2.39. The summed E-state index contributed by atoms with van der Waals surface area (Å²) in [5.41, 5.74) is 1.81. The van der Waals surface area contributed by atoms with Gasteiger partial charge < -0.3 is 14.8 Å². The fourth-order valence-electron chi connectivity index (χ4n) is 3.22. The maximum absolute atomic E-state index is 13.2. The summed E-state index contributed by atoms with van der Waals surface area (Å²) in [4.78, 5) is 3.66. The summed E-state index contributed by atoms with van der Waals surface area (Å²) >= 11 is 6.33. The molecule has 1 aromatic heterocycles. The Morgan fingerprint density at radius 2 is 1.80 bits per heavy atom. The number of rotatable bonds is 4. The number of ether oxygens (including phenoxy) is 2.